The van der Waals surface area contributed by atoms with Crippen LogP contribution >= 0.6 is 0 Å². The molecule has 1 aliphatic rings. The lowest BCUT2D eigenvalue weighted by atomic mass is 9.82. The van der Waals surface area contributed by atoms with Crippen molar-refractivity contribution in [1.82, 2.24) is 0 Å². The van der Waals surface area contributed by atoms with Crippen LogP contribution in [0, 0.1) is 27.7 Å². The van der Waals surface area contributed by atoms with Crippen LogP contribution in [0.2, 0.25) is 0 Å². The third-order valence-electron chi connectivity index (χ3n) is 6.22. The van der Waals surface area contributed by atoms with Crippen LogP contribution in [-0.2, 0) is 9.47 Å². The molecule has 9 heteroatoms. The van der Waals surface area contributed by atoms with Gasteiger partial charge in [-0.05, 0) is 49.9 Å². The van der Waals surface area contributed by atoms with E-state index >= 15 is 0 Å². The Labute approximate surface area is 184 Å². The second-order valence-electron chi connectivity index (χ2n) is 7.99. The largest absolute Gasteiger partial charge is 0.507 e. The number of ether oxygens (including phenoxy) is 3. The predicted molar refractivity (Wildman–Crippen MR) is 112 cm³/mol. The molecule has 1 heterocycles. The van der Waals surface area contributed by atoms with E-state index in [0.717, 1.165) is 0 Å². The van der Waals surface area contributed by atoms with Gasteiger partial charge in [0.05, 0.1) is 13.0 Å². The Morgan fingerprint density at radius 2 is 1.69 bits per heavy atom. The van der Waals surface area contributed by atoms with Gasteiger partial charge in [0.15, 0.2) is 6.61 Å². The van der Waals surface area contributed by atoms with E-state index in [4.69, 9.17) is 14.2 Å². The molecular formula is C23H26O9. The first kappa shape index (κ1) is 23.2. The van der Waals surface area contributed by atoms with Crippen molar-refractivity contribution in [2.45, 2.75) is 46.3 Å². The Bertz CT molecular complexity index is 1110. The van der Waals surface area contributed by atoms with Crippen LogP contribution in [-0.4, -0.2) is 51.9 Å². The first-order valence-corrected chi connectivity index (χ1v) is 9.90. The lowest BCUT2D eigenvalue weighted by molar-refractivity contribution is -0.206. The molecule has 1 aliphatic heterocycles. The zero-order chi connectivity index (χ0) is 24.1. The van der Waals surface area contributed by atoms with Gasteiger partial charge in [0, 0.05) is 11.6 Å². The highest BCUT2D eigenvalue weighted by molar-refractivity contribution is 5.97. The molecule has 0 unspecified atom stereocenters. The van der Waals surface area contributed by atoms with Crippen LogP contribution in [0.25, 0.3) is 0 Å². The van der Waals surface area contributed by atoms with Gasteiger partial charge in [-0.1, -0.05) is 6.92 Å². The maximum Gasteiger partial charge on any atom is 0.344 e. The van der Waals surface area contributed by atoms with Crippen LogP contribution in [0.3, 0.4) is 0 Å². The van der Waals surface area contributed by atoms with Gasteiger partial charge in [0.1, 0.15) is 34.1 Å². The van der Waals surface area contributed by atoms with Crippen molar-refractivity contribution in [3.8, 4) is 23.0 Å². The van der Waals surface area contributed by atoms with Crippen molar-refractivity contribution in [3.63, 3.8) is 0 Å². The highest BCUT2D eigenvalue weighted by atomic mass is 16.7. The number of carbonyl (C=O) groups excluding carboxylic acids is 2. The van der Waals surface area contributed by atoms with Gasteiger partial charge in [0.2, 0.25) is 0 Å². The van der Waals surface area contributed by atoms with Gasteiger partial charge in [-0.2, -0.15) is 0 Å². The molecule has 4 N–H and O–H groups in total. The number of fused-ring (bicyclic) bond motifs is 1. The minimum Gasteiger partial charge on any atom is -0.507 e. The Balaban J connectivity index is 1.96. The zero-order valence-electron chi connectivity index (χ0n) is 18.7. The highest BCUT2D eigenvalue weighted by Crippen LogP contribution is 2.45. The Hall–Kier alpha value is -3.46. The van der Waals surface area contributed by atoms with Gasteiger partial charge < -0.3 is 34.6 Å². The molecule has 32 heavy (non-hydrogen) atoms. The molecule has 0 fully saturated rings. The van der Waals surface area contributed by atoms with Crippen LogP contribution in [0.4, 0.5) is 0 Å². The predicted octanol–water partition coefficient (Wildman–Crippen LogP) is 2.87. The fraction of sp³-hybridized carbons (Fsp3) is 0.391. The van der Waals surface area contributed by atoms with Crippen molar-refractivity contribution < 1.29 is 44.2 Å². The quantitative estimate of drug-likeness (QED) is 0.521. The number of hydrogen-bond acceptors (Lipinski definition) is 9. The van der Waals surface area contributed by atoms with E-state index in [1.54, 1.807) is 20.8 Å². The van der Waals surface area contributed by atoms with Crippen molar-refractivity contribution in [2.75, 3.05) is 13.7 Å². The summed E-state index contributed by atoms with van der Waals surface area (Å²) in [6, 6.07) is 1.29. The fourth-order valence-corrected chi connectivity index (χ4v) is 4.03. The third-order valence-corrected chi connectivity index (χ3v) is 6.22. The average molecular weight is 446 g/mol. The van der Waals surface area contributed by atoms with E-state index in [1.807, 2.05) is 0 Å². The Morgan fingerprint density at radius 1 is 1.06 bits per heavy atom. The third kappa shape index (κ3) is 3.38. The monoisotopic (exact) mass is 446 g/mol. The number of phenolic OH excluding ortho intramolecular Hbond substituents is 3. The van der Waals surface area contributed by atoms with E-state index in [9.17, 15) is 30.0 Å². The second kappa shape index (κ2) is 7.90. The molecule has 0 saturated heterocycles. The van der Waals surface area contributed by atoms with Crippen molar-refractivity contribution in [3.05, 3.63) is 45.0 Å². The topological polar surface area (TPSA) is 143 Å². The van der Waals surface area contributed by atoms with Gasteiger partial charge in [0.25, 0.3) is 5.79 Å². The summed E-state index contributed by atoms with van der Waals surface area (Å²) in [6.45, 7) is 7.08. The number of phenols is 3. The molecule has 0 aliphatic carbocycles. The van der Waals surface area contributed by atoms with Crippen LogP contribution in [0.1, 0.15) is 61.4 Å². The molecular weight excluding hydrogens is 420 g/mol. The molecule has 0 amide bonds. The molecule has 0 radical (unpaired) electrons. The summed E-state index contributed by atoms with van der Waals surface area (Å²) in [6.07, 6.45) is 0. The number of methoxy groups -OCH3 is 1. The fourth-order valence-electron chi connectivity index (χ4n) is 4.03. The smallest absolute Gasteiger partial charge is 0.344 e. The molecule has 3 rings (SSSR count). The molecule has 2 atom stereocenters. The number of esters is 2. The number of rotatable bonds is 4. The van der Waals surface area contributed by atoms with E-state index in [1.165, 1.54) is 27.0 Å². The van der Waals surface area contributed by atoms with E-state index in [2.05, 4.69) is 0 Å². The van der Waals surface area contributed by atoms with Crippen LogP contribution in [0.5, 0.6) is 23.0 Å². The summed E-state index contributed by atoms with van der Waals surface area (Å²) in [4.78, 5) is 25.3. The van der Waals surface area contributed by atoms with Gasteiger partial charge in [-0.3, -0.25) is 0 Å². The molecule has 9 nitrogen and oxygen atoms in total. The maximum atomic E-state index is 12.8. The van der Waals surface area contributed by atoms with Crippen molar-refractivity contribution in [1.29, 1.82) is 0 Å². The first-order valence-electron chi connectivity index (χ1n) is 9.90. The Kier molecular flexibility index (Phi) is 5.73. The second-order valence-corrected chi connectivity index (χ2v) is 7.99. The standard InChI is InChI=1S/C23H26O9/c1-9-10(2)19(25)12(4)20(26)17(9)21(27)31-8-23(29)13(5)16-11(3)15(30-6)7-14(24)18(16)22(28)32-23/h7,13,24-26,29H,8H2,1-6H3/t13-,23-/m0/s1. The number of cyclic esters (lactones) is 1. The normalized spacial score (nSPS) is 19.8. The lowest BCUT2D eigenvalue weighted by Gasteiger charge is -2.38. The van der Waals surface area contributed by atoms with Crippen molar-refractivity contribution >= 4 is 11.9 Å². The number of carbonyl (C=O) groups is 2. The van der Waals surface area contributed by atoms with Crippen LogP contribution < -0.4 is 4.74 Å². The first-order chi connectivity index (χ1) is 14.9. The summed E-state index contributed by atoms with van der Waals surface area (Å²) in [5, 5.41) is 41.7. The van der Waals surface area contributed by atoms with Crippen molar-refractivity contribution in [2.24, 2.45) is 0 Å². The minimum atomic E-state index is -2.23. The van der Waals surface area contributed by atoms with E-state index in [-0.39, 0.29) is 28.2 Å². The molecule has 0 bridgehead atoms. The maximum absolute atomic E-state index is 12.8. The summed E-state index contributed by atoms with van der Waals surface area (Å²) in [7, 11) is 1.41. The average Bonchev–Trinajstić information content (AvgIpc) is 2.74. The summed E-state index contributed by atoms with van der Waals surface area (Å²) in [5.41, 5.74) is 1.41. The number of aromatic hydroxyl groups is 3. The molecule has 172 valence electrons. The number of aliphatic hydroxyl groups is 1. The van der Waals surface area contributed by atoms with Gasteiger partial charge in [-0.15, -0.1) is 0 Å². The SMILES string of the molecule is COc1cc(O)c2c(c1C)[C@H](C)[C@](O)(COC(=O)c1c(C)c(C)c(O)c(C)c1O)OC2=O. The summed E-state index contributed by atoms with van der Waals surface area (Å²) in [5.74, 6) is -5.66. The molecule has 2 aromatic rings. The summed E-state index contributed by atoms with van der Waals surface area (Å²) >= 11 is 0. The number of hydrogen-bond donors (Lipinski definition) is 4. The van der Waals surface area contributed by atoms with E-state index < -0.39 is 36.0 Å². The van der Waals surface area contributed by atoms with Crippen LogP contribution in [0.15, 0.2) is 6.07 Å². The van der Waals surface area contributed by atoms with Gasteiger partial charge >= 0.3 is 11.9 Å². The zero-order valence-corrected chi connectivity index (χ0v) is 18.7. The molecule has 0 saturated carbocycles. The molecule has 2 aromatic carbocycles. The minimum absolute atomic E-state index is 0.0925. The number of benzene rings is 2. The van der Waals surface area contributed by atoms with E-state index in [0.29, 0.717) is 28.0 Å². The Morgan fingerprint density at radius 3 is 2.28 bits per heavy atom. The molecule has 0 aromatic heterocycles. The molecule has 0 spiro atoms. The highest BCUT2D eigenvalue weighted by Gasteiger charge is 2.48. The van der Waals surface area contributed by atoms with Gasteiger partial charge in [-0.25, -0.2) is 9.59 Å². The summed E-state index contributed by atoms with van der Waals surface area (Å²) < 4.78 is 15.6. The lowest BCUT2D eigenvalue weighted by Crippen LogP contribution is -2.48.